The number of hydrogen-bond acceptors (Lipinski definition) is 3. The van der Waals surface area contributed by atoms with E-state index in [1.165, 1.54) is 11.1 Å². The summed E-state index contributed by atoms with van der Waals surface area (Å²) in [5.74, 6) is 0.767. The minimum atomic E-state index is -0.179. The maximum Gasteiger partial charge on any atom is 0.287 e. The fraction of sp³-hybridized carbons (Fsp3) is 0.267. The summed E-state index contributed by atoms with van der Waals surface area (Å²) < 4.78 is 5.36. The zero-order chi connectivity index (χ0) is 13.2. The van der Waals surface area contributed by atoms with Gasteiger partial charge in [-0.05, 0) is 36.1 Å². The first kappa shape index (κ1) is 12.0. The molecule has 0 fully saturated rings. The van der Waals surface area contributed by atoms with E-state index >= 15 is 0 Å². The van der Waals surface area contributed by atoms with Crippen molar-refractivity contribution in [3.63, 3.8) is 0 Å². The van der Waals surface area contributed by atoms with Gasteiger partial charge in [0.25, 0.3) is 5.91 Å². The molecule has 3 rings (SSSR count). The van der Waals surface area contributed by atoms with Gasteiger partial charge in [-0.3, -0.25) is 4.79 Å². The average molecular weight is 256 g/mol. The lowest BCUT2D eigenvalue weighted by Gasteiger charge is -2.12. The van der Waals surface area contributed by atoms with E-state index in [9.17, 15) is 4.79 Å². The summed E-state index contributed by atoms with van der Waals surface area (Å²) >= 11 is 0. The summed E-state index contributed by atoms with van der Waals surface area (Å²) in [6.07, 6.45) is 1.95. The molecule has 1 aromatic heterocycles. The molecule has 1 atom stereocenters. The largest absolute Gasteiger partial charge is 0.455 e. The number of nitrogens with two attached hydrogens (primary N) is 1. The topological polar surface area (TPSA) is 68.3 Å². The Morgan fingerprint density at radius 1 is 1.32 bits per heavy atom. The van der Waals surface area contributed by atoms with Crippen LogP contribution in [0.2, 0.25) is 0 Å². The van der Waals surface area contributed by atoms with Crippen LogP contribution in [0.1, 0.15) is 39.9 Å². The highest BCUT2D eigenvalue weighted by atomic mass is 16.4. The molecule has 1 amide bonds. The van der Waals surface area contributed by atoms with Crippen molar-refractivity contribution in [1.29, 1.82) is 0 Å². The molecule has 1 aliphatic rings. The average Bonchev–Trinajstić information content (AvgIpc) is 3.06. The van der Waals surface area contributed by atoms with E-state index in [4.69, 9.17) is 10.2 Å². The molecule has 1 heterocycles. The van der Waals surface area contributed by atoms with Crippen LogP contribution in [0.3, 0.4) is 0 Å². The zero-order valence-corrected chi connectivity index (χ0v) is 10.6. The fourth-order valence-electron chi connectivity index (χ4n) is 2.55. The molecule has 19 heavy (non-hydrogen) atoms. The van der Waals surface area contributed by atoms with Crippen molar-refractivity contribution >= 4 is 5.91 Å². The lowest BCUT2D eigenvalue weighted by Crippen LogP contribution is -2.26. The third-order valence-electron chi connectivity index (χ3n) is 3.52. The van der Waals surface area contributed by atoms with Crippen molar-refractivity contribution in [2.24, 2.45) is 5.73 Å². The van der Waals surface area contributed by atoms with Gasteiger partial charge in [0, 0.05) is 0 Å². The van der Waals surface area contributed by atoms with Gasteiger partial charge >= 0.3 is 0 Å². The van der Waals surface area contributed by atoms with E-state index in [1.807, 2.05) is 12.1 Å². The van der Waals surface area contributed by atoms with Crippen LogP contribution in [0, 0.1) is 0 Å². The van der Waals surface area contributed by atoms with Crippen molar-refractivity contribution in [3.05, 3.63) is 59.0 Å². The van der Waals surface area contributed by atoms with Gasteiger partial charge in [-0.1, -0.05) is 24.3 Å². The highest BCUT2D eigenvalue weighted by molar-refractivity contribution is 5.91. The molecule has 0 saturated carbocycles. The van der Waals surface area contributed by atoms with Crippen molar-refractivity contribution in [2.45, 2.75) is 25.4 Å². The van der Waals surface area contributed by atoms with Gasteiger partial charge in [-0.15, -0.1) is 0 Å². The fourth-order valence-corrected chi connectivity index (χ4v) is 2.55. The molecule has 0 bridgehead atoms. The minimum absolute atomic E-state index is 0.0788. The molecule has 3 N–H and O–H groups in total. The summed E-state index contributed by atoms with van der Waals surface area (Å²) in [7, 11) is 0. The molecule has 2 aromatic rings. The molecule has 0 radical (unpaired) electrons. The van der Waals surface area contributed by atoms with Crippen LogP contribution < -0.4 is 11.1 Å². The number of hydrogen-bond donors (Lipinski definition) is 2. The van der Waals surface area contributed by atoms with E-state index in [-0.39, 0.29) is 11.9 Å². The molecule has 0 spiro atoms. The summed E-state index contributed by atoms with van der Waals surface area (Å²) in [6, 6.07) is 11.7. The molecule has 4 nitrogen and oxygen atoms in total. The summed E-state index contributed by atoms with van der Waals surface area (Å²) in [5, 5.41) is 3.02. The minimum Gasteiger partial charge on any atom is -0.455 e. The number of carbonyl (C=O) groups is 1. The Balaban J connectivity index is 1.74. The molecular weight excluding hydrogens is 240 g/mol. The molecule has 98 valence electrons. The number of aryl methyl sites for hydroxylation is 1. The van der Waals surface area contributed by atoms with E-state index in [2.05, 4.69) is 17.4 Å². The maximum absolute atomic E-state index is 12.1. The summed E-state index contributed by atoms with van der Waals surface area (Å²) in [4.78, 5) is 12.1. The van der Waals surface area contributed by atoms with Gasteiger partial charge in [0.05, 0.1) is 12.6 Å². The van der Waals surface area contributed by atoms with Crippen molar-refractivity contribution < 1.29 is 9.21 Å². The normalized spacial score (nSPS) is 17.2. The van der Waals surface area contributed by atoms with Crippen LogP contribution in [0.4, 0.5) is 0 Å². The molecule has 0 saturated heterocycles. The van der Waals surface area contributed by atoms with Crippen LogP contribution in [0.15, 0.2) is 40.8 Å². The maximum atomic E-state index is 12.1. The number of furan rings is 1. The number of benzene rings is 1. The van der Waals surface area contributed by atoms with Crippen molar-refractivity contribution in [3.8, 4) is 0 Å². The lowest BCUT2D eigenvalue weighted by atomic mass is 10.1. The second kappa shape index (κ2) is 4.90. The van der Waals surface area contributed by atoms with E-state index < -0.39 is 0 Å². The lowest BCUT2D eigenvalue weighted by molar-refractivity contribution is 0.0907. The van der Waals surface area contributed by atoms with Crippen LogP contribution in [0.5, 0.6) is 0 Å². The molecule has 1 aliphatic carbocycles. The Bertz CT molecular complexity index is 604. The van der Waals surface area contributed by atoms with Crippen LogP contribution in [-0.4, -0.2) is 5.91 Å². The summed E-state index contributed by atoms with van der Waals surface area (Å²) in [6.45, 7) is 0.305. The molecule has 4 heteroatoms. The smallest absolute Gasteiger partial charge is 0.287 e. The third-order valence-corrected chi connectivity index (χ3v) is 3.52. The Kier molecular flexibility index (Phi) is 3.09. The highest BCUT2D eigenvalue weighted by Crippen LogP contribution is 2.30. The van der Waals surface area contributed by atoms with E-state index in [0.29, 0.717) is 18.1 Å². The van der Waals surface area contributed by atoms with E-state index in [0.717, 1.165) is 12.8 Å². The predicted octanol–water partition coefficient (Wildman–Crippen LogP) is 2.16. The number of fused-ring (bicyclic) bond motifs is 1. The quantitative estimate of drug-likeness (QED) is 0.884. The first-order chi connectivity index (χ1) is 9.28. The molecule has 1 aromatic carbocycles. The Morgan fingerprint density at radius 3 is 2.95 bits per heavy atom. The first-order valence-corrected chi connectivity index (χ1v) is 6.45. The third kappa shape index (κ3) is 2.27. The van der Waals surface area contributed by atoms with Gasteiger partial charge in [-0.2, -0.15) is 0 Å². The second-order valence-electron chi connectivity index (χ2n) is 4.73. The Labute approximate surface area is 111 Å². The molecule has 0 aliphatic heterocycles. The zero-order valence-electron chi connectivity index (χ0n) is 10.6. The Morgan fingerprint density at radius 2 is 2.16 bits per heavy atom. The summed E-state index contributed by atoms with van der Waals surface area (Å²) in [5.41, 5.74) is 7.99. The number of amides is 1. The highest BCUT2D eigenvalue weighted by Gasteiger charge is 2.24. The van der Waals surface area contributed by atoms with E-state index in [1.54, 1.807) is 12.1 Å². The SMILES string of the molecule is NCc1ccc(C(=O)NC2CCc3ccccc32)o1. The van der Waals surface area contributed by atoms with Crippen molar-refractivity contribution in [2.75, 3.05) is 0 Å². The molecular formula is C15H16N2O2. The van der Waals surface area contributed by atoms with Gasteiger partial charge in [0.15, 0.2) is 5.76 Å². The Hall–Kier alpha value is -2.07. The van der Waals surface area contributed by atoms with Crippen LogP contribution in [-0.2, 0) is 13.0 Å². The van der Waals surface area contributed by atoms with Crippen LogP contribution in [0.25, 0.3) is 0 Å². The molecule has 1 unspecified atom stereocenters. The van der Waals surface area contributed by atoms with Gasteiger partial charge in [-0.25, -0.2) is 0 Å². The van der Waals surface area contributed by atoms with Crippen molar-refractivity contribution in [1.82, 2.24) is 5.32 Å². The van der Waals surface area contributed by atoms with Crippen LogP contribution >= 0.6 is 0 Å². The first-order valence-electron chi connectivity index (χ1n) is 6.45. The van der Waals surface area contributed by atoms with Gasteiger partial charge < -0.3 is 15.5 Å². The predicted molar refractivity (Wildman–Crippen MR) is 71.6 cm³/mol. The number of carbonyl (C=O) groups excluding carboxylic acids is 1. The van der Waals surface area contributed by atoms with Gasteiger partial charge in [0.1, 0.15) is 5.76 Å². The second-order valence-corrected chi connectivity index (χ2v) is 4.73. The standard InChI is InChI=1S/C15H16N2O2/c16-9-11-6-8-14(19-11)15(18)17-13-7-5-10-3-1-2-4-12(10)13/h1-4,6,8,13H,5,7,9,16H2,(H,17,18). The van der Waals surface area contributed by atoms with Gasteiger partial charge in [0.2, 0.25) is 0 Å². The monoisotopic (exact) mass is 256 g/mol. The number of nitrogens with one attached hydrogen (secondary N) is 1. The number of rotatable bonds is 3.